The van der Waals surface area contributed by atoms with Gasteiger partial charge in [-0.05, 0) is 59.2 Å². The van der Waals surface area contributed by atoms with E-state index in [1.807, 2.05) is 58.0 Å². The lowest BCUT2D eigenvalue weighted by molar-refractivity contribution is 0.0902. The molecule has 4 N–H and O–H groups in total. The van der Waals surface area contributed by atoms with Gasteiger partial charge in [-0.1, -0.05) is 52.8 Å². The van der Waals surface area contributed by atoms with E-state index >= 15 is 0 Å². The number of nitrogens with zero attached hydrogens (tertiary/aromatic N) is 1. The molecule has 3 aromatic rings. The first-order valence-corrected chi connectivity index (χ1v) is 11.3. The van der Waals surface area contributed by atoms with Crippen LogP contribution in [0.3, 0.4) is 0 Å². The Morgan fingerprint density at radius 3 is 2.32 bits per heavy atom. The van der Waals surface area contributed by atoms with E-state index in [9.17, 15) is 9.59 Å². The van der Waals surface area contributed by atoms with Crippen LogP contribution in [0.4, 0.5) is 11.4 Å². The Morgan fingerprint density at radius 2 is 1.68 bits per heavy atom. The summed E-state index contributed by atoms with van der Waals surface area (Å²) in [5, 5.41) is 9.87. The van der Waals surface area contributed by atoms with Gasteiger partial charge < -0.3 is 20.9 Å². The van der Waals surface area contributed by atoms with Gasteiger partial charge in [0.15, 0.2) is 0 Å². The highest BCUT2D eigenvalue weighted by Crippen LogP contribution is 2.28. The Kier molecular flexibility index (Phi) is 6.87. The largest absolute Gasteiger partial charge is 0.399 e. The van der Waals surface area contributed by atoms with Crippen LogP contribution < -0.4 is 16.4 Å². The molecule has 0 bridgehead atoms. The monoisotopic (exact) mass is 462 g/mol. The number of nitrogen functional groups attached to an aromatic ring is 1. The molecule has 0 unspecified atom stereocenters. The normalized spacial score (nSPS) is 11.9. The highest BCUT2D eigenvalue weighted by Gasteiger charge is 2.20. The van der Waals surface area contributed by atoms with Crippen LogP contribution in [0.2, 0.25) is 0 Å². The van der Waals surface area contributed by atoms with Crippen molar-refractivity contribution in [2.75, 3.05) is 17.6 Å². The van der Waals surface area contributed by atoms with Crippen molar-refractivity contribution in [2.45, 2.75) is 53.9 Å². The maximum absolute atomic E-state index is 13.0. The number of carbonyl (C=O) groups excluding carboxylic acids is 2. The third-order valence-corrected chi connectivity index (χ3v) is 5.37. The average Bonchev–Trinajstić information content (AvgIpc) is 3.22. The van der Waals surface area contributed by atoms with Crippen molar-refractivity contribution >= 4 is 23.2 Å². The number of hydrogen-bond donors (Lipinski definition) is 3. The predicted molar refractivity (Wildman–Crippen MR) is 136 cm³/mol. The molecule has 0 fully saturated rings. The fourth-order valence-corrected chi connectivity index (χ4v) is 3.34. The molecule has 7 nitrogen and oxygen atoms in total. The maximum Gasteiger partial charge on any atom is 0.289 e. The Bertz CT molecular complexity index is 1210. The van der Waals surface area contributed by atoms with Gasteiger partial charge in [-0.15, -0.1) is 0 Å². The summed E-state index contributed by atoms with van der Waals surface area (Å²) < 4.78 is 5.29. The third kappa shape index (κ3) is 6.25. The van der Waals surface area contributed by atoms with Crippen LogP contribution in [0.15, 0.2) is 47.0 Å². The highest BCUT2D eigenvalue weighted by molar-refractivity contribution is 6.05. The second-order valence-corrected chi connectivity index (χ2v) is 10.9. The Morgan fingerprint density at radius 1 is 0.971 bits per heavy atom. The van der Waals surface area contributed by atoms with Crippen molar-refractivity contribution in [1.82, 2.24) is 10.5 Å². The van der Waals surface area contributed by atoms with Crippen LogP contribution in [0.5, 0.6) is 0 Å². The first kappa shape index (κ1) is 25.0. The van der Waals surface area contributed by atoms with Gasteiger partial charge in [0.25, 0.3) is 11.8 Å². The summed E-state index contributed by atoms with van der Waals surface area (Å²) in [6, 6.07) is 12.6. The number of amides is 2. The van der Waals surface area contributed by atoms with E-state index in [1.165, 1.54) is 0 Å². The summed E-state index contributed by atoms with van der Waals surface area (Å²) in [6.07, 6.45) is 0. The molecule has 0 saturated heterocycles. The lowest BCUT2D eigenvalue weighted by Crippen LogP contribution is -2.31. The molecule has 2 amide bonds. The average molecular weight is 463 g/mol. The van der Waals surface area contributed by atoms with Crippen LogP contribution in [0.1, 0.15) is 73.6 Å². The van der Waals surface area contributed by atoms with E-state index in [0.29, 0.717) is 29.2 Å². The number of benzene rings is 2. The topological polar surface area (TPSA) is 110 Å². The first-order valence-electron chi connectivity index (χ1n) is 11.3. The summed E-state index contributed by atoms with van der Waals surface area (Å²) >= 11 is 0. The van der Waals surface area contributed by atoms with Crippen LogP contribution >= 0.6 is 0 Å². The number of nitrogens with two attached hydrogens (primary N) is 1. The van der Waals surface area contributed by atoms with E-state index in [0.717, 1.165) is 16.7 Å². The molecule has 0 atom stereocenters. The highest BCUT2D eigenvalue weighted by atomic mass is 16.5. The lowest BCUT2D eigenvalue weighted by Gasteiger charge is -2.20. The molecular formula is C27H34N4O3. The lowest BCUT2D eigenvalue weighted by atomic mass is 9.85. The molecule has 7 heteroatoms. The molecule has 34 heavy (non-hydrogen) atoms. The number of rotatable bonds is 5. The molecule has 0 spiro atoms. The number of carbonyl (C=O) groups is 2. The molecular weight excluding hydrogens is 428 g/mol. The summed E-state index contributed by atoms with van der Waals surface area (Å²) in [5.41, 5.74) is 10.7. The van der Waals surface area contributed by atoms with E-state index in [1.54, 1.807) is 12.1 Å². The van der Waals surface area contributed by atoms with Gasteiger partial charge in [0.1, 0.15) is 5.69 Å². The molecule has 3 rings (SSSR count). The molecule has 0 aliphatic carbocycles. The van der Waals surface area contributed by atoms with Crippen molar-refractivity contribution in [3.8, 4) is 11.3 Å². The van der Waals surface area contributed by atoms with E-state index < -0.39 is 0 Å². The van der Waals surface area contributed by atoms with Gasteiger partial charge in [-0.25, -0.2) is 0 Å². The van der Waals surface area contributed by atoms with Gasteiger partial charge in [0.2, 0.25) is 5.76 Å². The molecule has 1 aromatic heterocycles. The minimum Gasteiger partial charge on any atom is -0.399 e. The zero-order valence-electron chi connectivity index (χ0n) is 21.0. The molecule has 0 radical (unpaired) electrons. The van der Waals surface area contributed by atoms with Crippen LogP contribution in [-0.4, -0.2) is 23.5 Å². The second-order valence-electron chi connectivity index (χ2n) is 10.9. The number of hydrogen-bond acceptors (Lipinski definition) is 5. The summed E-state index contributed by atoms with van der Waals surface area (Å²) in [5.74, 6) is -0.426. The molecule has 0 aliphatic heterocycles. The summed E-state index contributed by atoms with van der Waals surface area (Å²) in [7, 11) is 0. The van der Waals surface area contributed by atoms with Gasteiger partial charge >= 0.3 is 0 Å². The Balaban J connectivity index is 1.81. The first-order chi connectivity index (χ1) is 15.7. The van der Waals surface area contributed by atoms with Gasteiger partial charge in [-0.3, -0.25) is 9.59 Å². The maximum atomic E-state index is 13.0. The number of aryl methyl sites for hydroxylation is 1. The SMILES string of the molecule is Cc1ccc(NC(=O)c2cc(N)cc(C(C)(C)C)c2)cc1-c1cc(C(=O)NCC(C)(C)C)on1. The molecule has 1 heterocycles. The van der Waals surface area contributed by atoms with E-state index in [4.69, 9.17) is 10.3 Å². The second kappa shape index (κ2) is 9.33. The van der Waals surface area contributed by atoms with Crippen molar-refractivity contribution in [2.24, 2.45) is 5.41 Å². The van der Waals surface area contributed by atoms with Crippen molar-refractivity contribution in [3.63, 3.8) is 0 Å². The molecule has 180 valence electrons. The van der Waals surface area contributed by atoms with Crippen LogP contribution in [0, 0.1) is 12.3 Å². The smallest absolute Gasteiger partial charge is 0.289 e. The Labute approximate surface area is 201 Å². The van der Waals surface area contributed by atoms with Crippen LogP contribution in [0.25, 0.3) is 11.3 Å². The van der Waals surface area contributed by atoms with Crippen LogP contribution in [-0.2, 0) is 5.41 Å². The fraction of sp³-hybridized carbons (Fsp3) is 0.370. The zero-order valence-corrected chi connectivity index (χ0v) is 21.0. The minimum atomic E-state index is -0.313. The van der Waals surface area contributed by atoms with E-state index in [-0.39, 0.29) is 28.4 Å². The minimum absolute atomic E-state index is 0.0430. The number of aromatic nitrogens is 1. The van der Waals surface area contributed by atoms with Crippen molar-refractivity contribution in [3.05, 3.63) is 64.9 Å². The quantitative estimate of drug-likeness (QED) is 0.430. The summed E-state index contributed by atoms with van der Waals surface area (Å²) in [4.78, 5) is 25.4. The fourth-order valence-electron chi connectivity index (χ4n) is 3.34. The molecule has 2 aromatic carbocycles. The van der Waals surface area contributed by atoms with Crippen molar-refractivity contribution in [1.29, 1.82) is 0 Å². The number of anilines is 2. The summed E-state index contributed by atoms with van der Waals surface area (Å²) in [6.45, 7) is 14.8. The van der Waals surface area contributed by atoms with Crippen molar-refractivity contribution < 1.29 is 14.1 Å². The molecule has 0 aliphatic rings. The number of nitrogens with one attached hydrogen (secondary N) is 2. The Hall–Kier alpha value is -3.61. The zero-order chi connectivity index (χ0) is 25.3. The third-order valence-electron chi connectivity index (χ3n) is 5.37. The van der Waals surface area contributed by atoms with Gasteiger partial charge in [-0.2, -0.15) is 0 Å². The van der Waals surface area contributed by atoms with Gasteiger partial charge in [0.05, 0.1) is 0 Å². The standard InChI is InChI=1S/C27H34N4O3/c1-16-8-9-20(30-24(32)17-10-18(27(5,6)7)12-19(28)11-17)13-21(16)22-14-23(34-31-22)25(33)29-15-26(2,3)4/h8-14H,15,28H2,1-7H3,(H,29,33)(H,30,32). The van der Waals surface area contributed by atoms with Gasteiger partial charge in [0, 0.05) is 35.1 Å². The van der Waals surface area contributed by atoms with E-state index in [2.05, 4.69) is 36.6 Å². The molecule has 0 saturated carbocycles. The predicted octanol–water partition coefficient (Wildman–Crippen LogP) is 5.56.